The Labute approximate surface area is 140 Å². The third-order valence-electron chi connectivity index (χ3n) is 4.32. The highest BCUT2D eigenvalue weighted by atomic mass is 32.2. The van der Waals surface area contributed by atoms with Gasteiger partial charge in [0.2, 0.25) is 10.0 Å². The molecule has 0 radical (unpaired) electrons. The van der Waals surface area contributed by atoms with Crippen molar-refractivity contribution in [3.8, 4) is 5.75 Å². The lowest BCUT2D eigenvalue weighted by atomic mass is 9.95. The van der Waals surface area contributed by atoms with Crippen LogP contribution < -0.4 is 10.5 Å². The summed E-state index contributed by atoms with van der Waals surface area (Å²) in [4.78, 5) is 0.00154. The Morgan fingerprint density at radius 3 is 2.54 bits per heavy atom. The fourth-order valence-corrected chi connectivity index (χ4v) is 4.51. The van der Waals surface area contributed by atoms with Crippen molar-refractivity contribution < 1.29 is 17.5 Å². The molecule has 2 N–H and O–H groups in total. The summed E-state index contributed by atoms with van der Waals surface area (Å²) in [6.07, 6.45) is 0. The molecule has 5 nitrogen and oxygen atoms in total. The fraction of sp³-hybridized carbons (Fsp3) is 0.294. The molecule has 0 saturated carbocycles. The Morgan fingerprint density at radius 1 is 1.17 bits per heavy atom. The van der Waals surface area contributed by atoms with Crippen molar-refractivity contribution in [2.45, 2.75) is 16.9 Å². The van der Waals surface area contributed by atoms with Gasteiger partial charge in [-0.25, -0.2) is 12.8 Å². The van der Waals surface area contributed by atoms with Gasteiger partial charge in [0.05, 0.1) is 12.0 Å². The molecule has 0 bridgehead atoms. The first kappa shape index (κ1) is 16.9. The quantitative estimate of drug-likeness (QED) is 0.915. The second kappa shape index (κ2) is 6.51. The van der Waals surface area contributed by atoms with Gasteiger partial charge in [-0.15, -0.1) is 0 Å². The summed E-state index contributed by atoms with van der Waals surface area (Å²) in [5, 5.41) is 0. The van der Waals surface area contributed by atoms with Crippen LogP contribution in [0.1, 0.15) is 11.5 Å². The van der Waals surface area contributed by atoms with Crippen molar-refractivity contribution in [2.24, 2.45) is 5.73 Å². The number of halogens is 1. The second-order valence-corrected chi connectivity index (χ2v) is 7.74. The van der Waals surface area contributed by atoms with Crippen molar-refractivity contribution in [2.75, 3.05) is 20.2 Å². The van der Waals surface area contributed by atoms with Crippen molar-refractivity contribution in [1.82, 2.24) is 4.31 Å². The summed E-state index contributed by atoms with van der Waals surface area (Å²) in [7, 11) is -2.46. The van der Waals surface area contributed by atoms with Crippen LogP contribution in [0.2, 0.25) is 0 Å². The number of ether oxygens (including phenoxy) is 1. The zero-order valence-electron chi connectivity index (χ0n) is 13.2. The van der Waals surface area contributed by atoms with Crippen LogP contribution in [0.25, 0.3) is 0 Å². The van der Waals surface area contributed by atoms with E-state index in [0.29, 0.717) is 6.54 Å². The van der Waals surface area contributed by atoms with E-state index in [2.05, 4.69) is 0 Å². The van der Waals surface area contributed by atoms with Crippen LogP contribution in [0.5, 0.6) is 5.75 Å². The fourth-order valence-electron chi connectivity index (χ4n) is 2.99. The first-order chi connectivity index (χ1) is 11.4. The Morgan fingerprint density at radius 2 is 1.88 bits per heavy atom. The molecule has 0 spiro atoms. The van der Waals surface area contributed by atoms with E-state index in [1.165, 1.54) is 23.5 Å². The zero-order valence-corrected chi connectivity index (χ0v) is 14.0. The van der Waals surface area contributed by atoms with Gasteiger partial charge >= 0.3 is 0 Å². The highest BCUT2D eigenvalue weighted by Crippen LogP contribution is 2.31. The van der Waals surface area contributed by atoms with Crippen molar-refractivity contribution in [3.05, 3.63) is 59.9 Å². The zero-order chi connectivity index (χ0) is 17.3. The molecule has 1 heterocycles. The maximum absolute atomic E-state index is 13.5. The molecule has 0 aliphatic carbocycles. The van der Waals surface area contributed by atoms with Gasteiger partial charge in [-0.1, -0.05) is 30.3 Å². The number of sulfonamides is 1. The molecule has 1 aliphatic heterocycles. The van der Waals surface area contributed by atoms with Gasteiger partial charge in [-0.3, -0.25) is 0 Å². The summed E-state index contributed by atoms with van der Waals surface area (Å²) in [6.45, 7) is 0.523. The van der Waals surface area contributed by atoms with E-state index in [9.17, 15) is 12.8 Å². The van der Waals surface area contributed by atoms with Gasteiger partial charge in [0.15, 0.2) is 11.6 Å². The van der Waals surface area contributed by atoms with E-state index < -0.39 is 15.8 Å². The average molecular weight is 350 g/mol. The largest absolute Gasteiger partial charge is 0.494 e. The first-order valence-electron chi connectivity index (χ1n) is 7.57. The minimum absolute atomic E-state index is 0.00154. The number of methoxy groups -OCH3 is 1. The predicted molar refractivity (Wildman–Crippen MR) is 88.9 cm³/mol. The third-order valence-corrected chi connectivity index (χ3v) is 6.15. The number of benzene rings is 2. The van der Waals surface area contributed by atoms with Crippen LogP contribution in [0.3, 0.4) is 0 Å². The van der Waals surface area contributed by atoms with Crippen LogP contribution in [0, 0.1) is 5.82 Å². The molecule has 128 valence electrons. The van der Waals surface area contributed by atoms with E-state index in [-0.39, 0.29) is 29.1 Å². The van der Waals surface area contributed by atoms with E-state index in [4.69, 9.17) is 10.5 Å². The lowest BCUT2D eigenvalue weighted by molar-refractivity contribution is 0.384. The Hall–Kier alpha value is -1.96. The number of nitrogens with two attached hydrogens (primary N) is 1. The number of hydrogen-bond acceptors (Lipinski definition) is 4. The highest BCUT2D eigenvalue weighted by Gasteiger charge is 2.38. The lowest BCUT2D eigenvalue weighted by Gasteiger charge is -2.17. The SMILES string of the molecule is COc1cc(S(=O)(=O)N2C[C@@H](N)[C@H](c3ccccc3)C2)ccc1F. The Balaban J connectivity index is 1.89. The molecule has 2 aromatic carbocycles. The molecule has 1 saturated heterocycles. The number of rotatable bonds is 4. The molecule has 0 aromatic heterocycles. The molecular formula is C17H19FN2O3S. The normalized spacial score (nSPS) is 21.8. The van der Waals surface area contributed by atoms with E-state index in [0.717, 1.165) is 11.6 Å². The molecule has 2 aromatic rings. The van der Waals surface area contributed by atoms with Gasteiger partial charge in [0.25, 0.3) is 0 Å². The molecule has 0 unspecified atom stereocenters. The van der Waals surface area contributed by atoms with Gasteiger partial charge in [-0.2, -0.15) is 4.31 Å². The Bertz CT molecular complexity index is 827. The topological polar surface area (TPSA) is 72.6 Å². The summed E-state index contributed by atoms with van der Waals surface area (Å²) < 4.78 is 45.4. The van der Waals surface area contributed by atoms with E-state index in [1.54, 1.807) is 0 Å². The molecule has 0 amide bonds. The van der Waals surface area contributed by atoms with Gasteiger partial charge in [-0.05, 0) is 17.7 Å². The molecule has 24 heavy (non-hydrogen) atoms. The van der Waals surface area contributed by atoms with Crippen LogP contribution >= 0.6 is 0 Å². The molecule has 1 fully saturated rings. The average Bonchev–Trinajstić information content (AvgIpc) is 2.98. The van der Waals surface area contributed by atoms with Crippen LogP contribution in [0.15, 0.2) is 53.4 Å². The van der Waals surface area contributed by atoms with Gasteiger partial charge < -0.3 is 10.5 Å². The smallest absolute Gasteiger partial charge is 0.243 e. The summed E-state index contributed by atoms with van der Waals surface area (Å²) in [5.74, 6) is -0.765. The molecule has 2 atom stereocenters. The minimum atomic E-state index is -3.76. The Kier molecular flexibility index (Phi) is 4.58. The standard InChI is InChI=1S/C17H19FN2O3S/c1-23-17-9-13(7-8-15(17)18)24(21,22)20-10-14(16(19)11-20)12-5-3-2-4-6-12/h2-9,14,16H,10-11,19H2,1H3/t14-,16+/m0/s1. The first-order valence-corrected chi connectivity index (χ1v) is 9.01. The monoisotopic (exact) mass is 350 g/mol. The summed E-state index contributed by atoms with van der Waals surface area (Å²) >= 11 is 0. The minimum Gasteiger partial charge on any atom is -0.494 e. The third kappa shape index (κ3) is 3.02. The number of hydrogen-bond donors (Lipinski definition) is 1. The summed E-state index contributed by atoms with van der Waals surface area (Å²) in [5.41, 5.74) is 7.18. The van der Waals surface area contributed by atoms with Crippen molar-refractivity contribution >= 4 is 10.0 Å². The summed E-state index contributed by atoms with van der Waals surface area (Å²) in [6, 6.07) is 12.9. The van der Waals surface area contributed by atoms with E-state index in [1.807, 2.05) is 30.3 Å². The number of nitrogens with zero attached hydrogens (tertiary/aromatic N) is 1. The van der Waals surface area contributed by atoms with Crippen LogP contribution in [-0.4, -0.2) is 39.0 Å². The van der Waals surface area contributed by atoms with Crippen molar-refractivity contribution in [1.29, 1.82) is 0 Å². The lowest BCUT2D eigenvalue weighted by Crippen LogP contribution is -2.32. The van der Waals surface area contributed by atoms with Crippen LogP contribution in [0.4, 0.5) is 4.39 Å². The second-order valence-electron chi connectivity index (χ2n) is 5.80. The van der Waals surface area contributed by atoms with Gasteiger partial charge in [0.1, 0.15) is 0 Å². The van der Waals surface area contributed by atoms with Crippen LogP contribution in [-0.2, 0) is 10.0 Å². The van der Waals surface area contributed by atoms with Crippen molar-refractivity contribution in [3.63, 3.8) is 0 Å². The predicted octanol–water partition coefficient (Wildman–Crippen LogP) is 1.95. The highest BCUT2D eigenvalue weighted by molar-refractivity contribution is 7.89. The van der Waals surface area contributed by atoms with Gasteiger partial charge in [0, 0.05) is 31.1 Å². The molecule has 7 heteroatoms. The van der Waals surface area contributed by atoms with E-state index >= 15 is 0 Å². The maximum atomic E-state index is 13.5. The molecule has 3 rings (SSSR count). The molecular weight excluding hydrogens is 331 g/mol. The molecule has 1 aliphatic rings. The maximum Gasteiger partial charge on any atom is 0.243 e.